The minimum atomic E-state index is -0.899. The molecule has 202 valence electrons. The van der Waals surface area contributed by atoms with Crippen molar-refractivity contribution in [1.29, 1.82) is 0 Å². The average Bonchev–Trinajstić information content (AvgIpc) is 2.93. The van der Waals surface area contributed by atoms with Crippen LogP contribution in [-0.4, -0.2) is 48.8 Å². The zero-order valence-electron chi connectivity index (χ0n) is 20.9. The van der Waals surface area contributed by atoms with Crippen LogP contribution < -0.4 is 24.4 Å². The summed E-state index contributed by atoms with van der Waals surface area (Å²) >= 11 is 0. The van der Waals surface area contributed by atoms with Crippen LogP contribution in [0.15, 0.2) is 59.7 Å². The van der Waals surface area contributed by atoms with Crippen molar-refractivity contribution in [3.05, 3.63) is 91.5 Å². The molecule has 39 heavy (non-hydrogen) atoms. The Morgan fingerprint density at radius 3 is 2.08 bits per heavy atom. The van der Waals surface area contributed by atoms with Crippen LogP contribution in [-0.2, 0) is 0 Å². The number of carbonyl (C=O) groups is 2. The lowest BCUT2D eigenvalue weighted by atomic mass is 10.1. The standard InChI is InChI=1S/C25H22N4O10/c1-4-38-23-9-15(5-7-21(23)39-25(31)16-6-8-20(36-2)22(12-16)37-3)14-26-27-24(30)17-10-18(28(32)33)13-19(11-17)29(34)35/h5-14H,4H2,1-3H3,(H,27,30)/b26-14+. The highest BCUT2D eigenvalue weighted by Gasteiger charge is 2.20. The highest BCUT2D eigenvalue weighted by Crippen LogP contribution is 2.31. The van der Waals surface area contributed by atoms with E-state index >= 15 is 0 Å². The van der Waals surface area contributed by atoms with Gasteiger partial charge in [-0.2, -0.15) is 5.10 Å². The Labute approximate surface area is 221 Å². The Morgan fingerprint density at radius 2 is 1.49 bits per heavy atom. The molecule has 0 aromatic heterocycles. The number of esters is 1. The summed E-state index contributed by atoms with van der Waals surface area (Å²) in [4.78, 5) is 45.5. The minimum Gasteiger partial charge on any atom is -0.493 e. The van der Waals surface area contributed by atoms with Crippen molar-refractivity contribution in [3.63, 3.8) is 0 Å². The Morgan fingerprint density at radius 1 is 0.846 bits per heavy atom. The number of rotatable bonds is 11. The number of non-ortho nitro benzene ring substituents is 2. The number of nitro benzene ring substituents is 2. The van der Waals surface area contributed by atoms with Gasteiger partial charge < -0.3 is 18.9 Å². The summed E-state index contributed by atoms with van der Waals surface area (Å²) in [7, 11) is 2.91. The van der Waals surface area contributed by atoms with Crippen LogP contribution in [0.5, 0.6) is 23.0 Å². The van der Waals surface area contributed by atoms with Gasteiger partial charge in [-0.15, -0.1) is 0 Å². The number of hydrogen-bond acceptors (Lipinski definition) is 11. The molecule has 3 rings (SSSR count). The third-order valence-electron chi connectivity index (χ3n) is 5.06. The van der Waals surface area contributed by atoms with Gasteiger partial charge in [0.05, 0.1) is 54.1 Å². The molecule has 0 aliphatic carbocycles. The molecule has 0 spiro atoms. The Hall–Kier alpha value is -5.53. The first-order chi connectivity index (χ1) is 18.7. The van der Waals surface area contributed by atoms with Gasteiger partial charge in [-0.1, -0.05) is 0 Å². The number of hydrazone groups is 1. The first kappa shape index (κ1) is 28.0. The summed E-state index contributed by atoms with van der Waals surface area (Å²) in [6.45, 7) is 1.99. The van der Waals surface area contributed by atoms with E-state index in [4.69, 9.17) is 18.9 Å². The fraction of sp³-hybridized carbons (Fsp3) is 0.160. The molecule has 0 unspecified atom stereocenters. The summed E-state index contributed by atoms with van der Waals surface area (Å²) < 4.78 is 21.4. The summed E-state index contributed by atoms with van der Waals surface area (Å²) in [5.74, 6) is -0.424. The SMILES string of the molecule is CCOc1cc(/C=N/NC(=O)c2cc([N+](=O)[O-])cc([N+](=O)[O-])c2)ccc1OC(=O)c1ccc(OC)c(OC)c1. The molecule has 1 N–H and O–H groups in total. The van der Waals surface area contributed by atoms with E-state index in [2.05, 4.69) is 10.5 Å². The van der Waals surface area contributed by atoms with Gasteiger partial charge in [0.1, 0.15) is 0 Å². The Bertz CT molecular complexity index is 1420. The minimum absolute atomic E-state index is 0.127. The quantitative estimate of drug-likeness (QED) is 0.124. The molecule has 14 heteroatoms. The third kappa shape index (κ3) is 7.03. The zero-order valence-corrected chi connectivity index (χ0v) is 20.9. The summed E-state index contributed by atoms with van der Waals surface area (Å²) in [6, 6.07) is 11.6. The van der Waals surface area contributed by atoms with E-state index in [9.17, 15) is 29.8 Å². The number of hydrogen-bond donors (Lipinski definition) is 1. The van der Waals surface area contributed by atoms with Crippen LogP contribution in [0.1, 0.15) is 33.2 Å². The molecular formula is C25H22N4O10. The van der Waals surface area contributed by atoms with Gasteiger partial charge >= 0.3 is 5.97 Å². The topological polar surface area (TPSA) is 182 Å². The number of amides is 1. The van der Waals surface area contributed by atoms with Gasteiger partial charge in [0.15, 0.2) is 23.0 Å². The van der Waals surface area contributed by atoms with E-state index in [1.54, 1.807) is 13.0 Å². The molecule has 0 aliphatic rings. The van der Waals surface area contributed by atoms with Gasteiger partial charge in [0, 0.05) is 12.1 Å². The van der Waals surface area contributed by atoms with E-state index in [0.29, 0.717) is 17.1 Å². The van der Waals surface area contributed by atoms with Crippen molar-refractivity contribution in [2.45, 2.75) is 6.92 Å². The number of ether oxygens (including phenoxy) is 4. The normalized spacial score (nSPS) is 10.5. The monoisotopic (exact) mass is 538 g/mol. The molecule has 3 aromatic carbocycles. The molecule has 0 heterocycles. The second-order valence-corrected chi connectivity index (χ2v) is 7.55. The van der Waals surface area contributed by atoms with Crippen molar-refractivity contribution in [3.8, 4) is 23.0 Å². The van der Waals surface area contributed by atoms with Crippen LogP contribution in [0.4, 0.5) is 11.4 Å². The number of nitro groups is 2. The smallest absolute Gasteiger partial charge is 0.343 e. The lowest BCUT2D eigenvalue weighted by Gasteiger charge is -2.12. The van der Waals surface area contributed by atoms with Crippen molar-refractivity contribution >= 4 is 29.5 Å². The largest absolute Gasteiger partial charge is 0.493 e. The second kappa shape index (κ2) is 12.6. The summed E-state index contributed by atoms with van der Waals surface area (Å²) in [6.07, 6.45) is 1.24. The number of methoxy groups -OCH3 is 2. The molecule has 0 bridgehead atoms. The Kier molecular flexibility index (Phi) is 9.08. The van der Waals surface area contributed by atoms with Crippen molar-refractivity contribution < 1.29 is 38.4 Å². The maximum atomic E-state index is 12.7. The molecule has 0 atom stereocenters. The highest BCUT2D eigenvalue weighted by molar-refractivity contribution is 5.96. The molecule has 14 nitrogen and oxygen atoms in total. The molecular weight excluding hydrogens is 516 g/mol. The zero-order chi connectivity index (χ0) is 28.5. The molecule has 0 saturated heterocycles. The van der Waals surface area contributed by atoms with Crippen LogP contribution in [0.25, 0.3) is 0 Å². The summed E-state index contributed by atoms with van der Waals surface area (Å²) in [5, 5.41) is 25.9. The van der Waals surface area contributed by atoms with Crippen LogP contribution in [0.3, 0.4) is 0 Å². The van der Waals surface area contributed by atoms with E-state index in [1.807, 2.05) is 0 Å². The lowest BCUT2D eigenvalue weighted by Crippen LogP contribution is -2.18. The molecule has 0 aliphatic heterocycles. The van der Waals surface area contributed by atoms with Crippen molar-refractivity contribution in [1.82, 2.24) is 5.43 Å². The third-order valence-corrected chi connectivity index (χ3v) is 5.06. The van der Waals surface area contributed by atoms with Gasteiger partial charge in [0.2, 0.25) is 0 Å². The maximum Gasteiger partial charge on any atom is 0.343 e. The second-order valence-electron chi connectivity index (χ2n) is 7.55. The van der Waals surface area contributed by atoms with E-state index < -0.39 is 33.1 Å². The van der Waals surface area contributed by atoms with Crippen LogP contribution in [0.2, 0.25) is 0 Å². The van der Waals surface area contributed by atoms with E-state index in [0.717, 1.165) is 18.2 Å². The molecule has 1 amide bonds. The molecule has 0 radical (unpaired) electrons. The van der Waals surface area contributed by atoms with Crippen molar-refractivity contribution in [2.24, 2.45) is 5.10 Å². The predicted octanol–water partition coefficient (Wildman–Crippen LogP) is 3.90. The maximum absolute atomic E-state index is 12.7. The van der Waals surface area contributed by atoms with Gasteiger partial charge in [0.25, 0.3) is 17.3 Å². The van der Waals surface area contributed by atoms with Gasteiger partial charge in [-0.05, 0) is 48.9 Å². The molecule has 0 fully saturated rings. The number of benzene rings is 3. The van der Waals surface area contributed by atoms with E-state index in [-0.39, 0.29) is 29.2 Å². The first-order valence-corrected chi connectivity index (χ1v) is 11.1. The lowest BCUT2D eigenvalue weighted by molar-refractivity contribution is -0.394. The Balaban J connectivity index is 1.76. The number of carbonyl (C=O) groups excluding carboxylic acids is 2. The number of nitrogens with zero attached hydrogens (tertiary/aromatic N) is 3. The van der Waals surface area contributed by atoms with Gasteiger partial charge in [-0.25, -0.2) is 10.2 Å². The highest BCUT2D eigenvalue weighted by atomic mass is 16.6. The summed E-state index contributed by atoms with van der Waals surface area (Å²) in [5.41, 5.74) is 1.26. The molecule has 3 aromatic rings. The fourth-order valence-electron chi connectivity index (χ4n) is 3.25. The average molecular weight is 538 g/mol. The van der Waals surface area contributed by atoms with Gasteiger partial charge in [-0.3, -0.25) is 25.0 Å². The predicted molar refractivity (Wildman–Crippen MR) is 137 cm³/mol. The fourth-order valence-corrected chi connectivity index (χ4v) is 3.25. The molecule has 0 saturated carbocycles. The van der Waals surface area contributed by atoms with Crippen molar-refractivity contribution in [2.75, 3.05) is 20.8 Å². The van der Waals surface area contributed by atoms with Crippen LogP contribution >= 0.6 is 0 Å². The number of nitrogens with one attached hydrogen (secondary N) is 1. The van der Waals surface area contributed by atoms with Crippen LogP contribution in [0, 0.1) is 20.2 Å². The first-order valence-electron chi connectivity index (χ1n) is 11.1. The van der Waals surface area contributed by atoms with E-state index in [1.165, 1.54) is 50.8 Å².